The number of aryl methyl sites for hydroxylation is 1. The van der Waals surface area contributed by atoms with Crippen molar-refractivity contribution in [3.05, 3.63) is 81.9 Å². The standard InChI is InChI=1S/C32H32FN5O5S/c1-5-42-31-37-36-29(44-31)16-43-28-8-6-7-23(35-28)21-14-22(33)20(11-18(21)2)13-27-34-24-10-9-19(30(39)40)12-25(24)38(27)26-15-41-17-32(26,3)4/h6-12,14,26H,5,13,15-17H2,1-4H3,(H,39,40)/t26-/m1/s1. The molecule has 4 heterocycles. The molecule has 0 amide bonds. The quantitative estimate of drug-likeness (QED) is 0.193. The van der Waals surface area contributed by atoms with Crippen molar-refractivity contribution in [2.45, 2.75) is 46.8 Å². The Hall–Kier alpha value is -4.42. The first-order chi connectivity index (χ1) is 21.1. The van der Waals surface area contributed by atoms with Crippen molar-refractivity contribution in [3.8, 4) is 22.3 Å². The highest BCUT2D eigenvalue weighted by Gasteiger charge is 2.39. The van der Waals surface area contributed by atoms with Crippen molar-refractivity contribution >= 4 is 28.3 Å². The highest BCUT2D eigenvalue weighted by Crippen LogP contribution is 2.40. The smallest absolute Gasteiger partial charge is 0.335 e. The Kier molecular flexibility index (Phi) is 8.04. The molecule has 0 spiro atoms. The van der Waals surface area contributed by atoms with Crippen LogP contribution < -0.4 is 9.47 Å². The molecule has 0 aliphatic carbocycles. The first-order valence-electron chi connectivity index (χ1n) is 14.3. The van der Waals surface area contributed by atoms with Crippen LogP contribution in [0.3, 0.4) is 0 Å². The van der Waals surface area contributed by atoms with E-state index in [0.717, 1.165) is 5.56 Å². The molecule has 3 aromatic heterocycles. The van der Waals surface area contributed by atoms with Gasteiger partial charge in [0.25, 0.3) is 5.19 Å². The molecule has 1 saturated heterocycles. The molecular formula is C32H32FN5O5S. The van der Waals surface area contributed by atoms with Crippen molar-refractivity contribution in [2.75, 3.05) is 19.8 Å². The second kappa shape index (κ2) is 11.9. The van der Waals surface area contributed by atoms with Gasteiger partial charge in [0.15, 0.2) is 5.01 Å². The minimum atomic E-state index is -1.01. The summed E-state index contributed by atoms with van der Waals surface area (Å²) in [5, 5.41) is 18.8. The van der Waals surface area contributed by atoms with Gasteiger partial charge in [0.2, 0.25) is 5.88 Å². The van der Waals surface area contributed by atoms with Crippen LogP contribution in [-0.2, 0) is 17.8 Å². The summed E-state index contributed by atoms with van der Waals surface area (Å²) in [7, 11) is 0. The fourth-order valence-electron chi connectivity index (χ4n) is 5.51. The molecular weight excluding hydrogens is 585 g/mol. The van der Waals surface area contributed by atoms with E-state index in [1.54, 1.807) is 24.3 Å². The monoisotopic (exact) mass is 617 g/mol. The first kappa shape index (κ1) is 29.6. The van der Waals surface area contributed by atoms with E-state index in [1.807, 2.05) is 36.6 Å². The Bertz CT molecular complexity index is 1850. The number of benzene rings is 2. The maximum absolute atomic E-state index is 15.8. The van der Waals surface area contributed by atoms with Crippen LogP contribution in [0.4, 0.5) is 4.39 Å². The zero-order valence-electron chi connectivity index (χ0n) is 24.8. The molecule has 44 heavy (non-hydrogen) atoms. The number of ether oxygens (including phenoxy) is 3. The van der Waals surface area contributed by atoms with Crippen LogP contribution >= 0.6 is 11.3 Å². The molecule has 6 rings (SSSR count). The number of hydrogen-bond acceptors (Lipinski definition) is 9. The first-order valence-corrected chi connectivity index (χ1v) is 15.1. The third-order valence-electron chi connectivity index (χ3n) is 7.77. The summed E-state index contributed by atoms with van der Waals surface area (Å²) in [5.74, 6) is -0.368. The molecule has 1 aliphatic rings. The number of carboxylic acids is 1. The van der Waals surface area contributed by atoms with Crippen molar-refractivity contribution in [3.63, 3.8) is 0 Å². The zero-order valence-corrected chi connectivity index (χ0v) is 25.7. The molecule has 12 heteroatoms. The van der Waals surface area contributed by atoms with Crippen LogP contribution in [-0.4, -0.2) is 55.6 Å². The van der Waals surface area contributed by atoms with Gasteiger partial charge in [0.1, 0.15) is 18.2 Å². The van der Waals surface area contributed by atoms with Crippen molar-refractivity contribution in [1.82, 2.24) is 24.7 Å². The Balaban J connectivity index is 1.29. The summed E-state index contributed by atoms with van der Waals surface area (Å²) in [4.78, 5) is 21.2. The van der Waals surface area contributed by atoms with Crippen molar-refractivity contribution in [1.29, 1.82) is 0 Å². The average molecular weight is 618 g/mol. The lowest BCUT2D eigenvalue weighted by Crippen LogP contribution is -2.27. The number of hydrogen-bond donors (Lipinski definition) is 1. The normalized spacial score (nSPS) is 16.0. The van der Waals surface area contributed by atoms with Crippen LogP contribution in [0.2, 0.25) is 0 Å². The third kappa shape index (κ3) is 5.87. The van der Waals surface area contributed by atoms with E-state index < -0.39 is 5.97 Å². The number of halogens is 1. The molecule has 1 N–H and O–H groups in total. The van der Waals surface area contributed by atoms with Gasteiger partial charge in [-0.3, -0.25) is 0 Å². The second-order valence-corrected chi connectivity index (χ2v) is 12.4. The summed E-state index contributed by atoms with van der Waals surface area (Å²) in [6.07, 6.45) is 0.221. The molecule has 10 nitrogen and oxygen atoms in total. The molecule has 1 fully saturated rings. The minimum Gasteiger partial charge on any atom is -0.478 e. The van der Waals surface area contributed by atoms with Crippen LogP contribution in [0.25, 0.3) is 22.3 Å². The van der Waals surface area contributed by atoms with Gasteiger partial charge >= 0.3 is 5.97 Å². The van der Waals surface area contributed by atoms with Crippen molar-refractivity contribution in [2.24, 2.45) is 5.41 Å². The second-order valence-electron chi connectivity index (χ2n) is 11.4. The summed E-state index contributed by atoms with van der Waals surface area (Å²) < 4.78 is 34.9. The van der Waals surface area contributed by atoms with E-state index in [0.29, 0.717) is 69.6 Å². The van der Waals surface area contributed by atoms with Crippen LogP contribution in [0.5, 0.6) is 11.1 Å². The van der Waals surface area contributed by atoms with Gasteiger partial charge in [0, 0.05) is 23.5 Å². The molecule has 0 radical (unpaired) electrons. The van der Waals surface area contributed by atoms with Gasteiger partial charge in [-0.05, 0) is 55.3 Å². The average Bonchev–Trinajstić information content (AvgIpc) is 3.69. The molecule has 0 unspecified atom stereocenters. The van der Waals surface area contributed by atoms with Crippen molar-refractivity contribution < 1.29 is 28.5 Å². The number of fused-ring (bicyclic) bond motifs is 1. The Morgan fingerprint density at radius 3 is 2.75 bits per heavy atom. The van der Waals surface area contributed by atoms with E-state index >= 15 is 4.39 Å². The predicted molar refractivity (Wildman–Crippen MR) is 163 cm³/mol. The highest BCUT2D eigenvalue weighted by atomic mass is 32.1. The van der Waals surface area contributed by atoms with Crippen LogP contribution in [0.15, 0.2) is 48.5 Å². The van der Waals surface area contributed by atoms with E-state index in [4.69, 9.17) is 19.2 Å². The predicted octanol–water partition coefficient (Wildman–Crippen LogP) is 6.26. The number of rotatable bonds is 10. The number of imidazole rings is 1. The molecule has 1 aliphatic heterocycles. The number of nitrogens with zero attached hydrogens (tertiary/aromatic N) is 5. The van der Waals surface area contributed by atoms with Gasteiger partial charge in [-0.25, -0.2) is 19.2 Å². The summed E-state index contributed by atoms with van der Waals surface area (Å²) >= 11 is 1.31. The van der Waals surface area contributed by atoms with E-state index in [1.165, 1.54) is 17.4 Å². The van der Waals surface area contributed by atoms with E-state index in [-0.39, 0.29) is 35.9 Å². The molecule has 2 aromatic carbocycles. The lowest BCUT2D eigenvalue weighted by molar-refractivity contribution is 0.0697. The lowest BCUT2D eigenvalue weighted by atomic mass is 9.87. The Morgan fingerprint density at radius 2 is 2.00 bits per heavy atom. The SMILES string of the molecule is CCOc1nnc(COc2cccc(-c3cc(F)c(Cc4nc5ccc(C(=O)O)cc5n4[C@@H]4COCC4(C)C)cc3C)n2)s1. The topological polar surface area (TPSA) is 121 Å². The number of pyridine rings is 1. The van der Waals surface area contributed by atoms with Crippen LogP contribution in [0.1, 0.15) is 59.1 Å². The Labute approximate surface area is 257 Å². The largest absolute Gasteiger partial charge is 0.478 e. The van der Waals surface area contributed by atoms with E-state index in [2.05, 4.69) is 29.0 Å². The molecule has 1 atom stereocenters. The van der Waals surface area contributed by atoms with Gasteiger partial charge in [-0.2, -0.15) is 0 Å². The van der Waals surface area contributed by atoms with E-state index in [9.17, 15) is 9.90 Å². The lowest BCUT2D eigenvalue weighted by Gasteiger charge is -2.28. The van der Waals surface area contributed by atoms with Gasteiger partial charge in [0.05, 0.1) is 48.2 Å². The fourth-order valence-corrected chi connectivity index (χ4v) is 6.17. The maximum Gasteiger partial charge on any atom is 0.335 e. The molecule has 5 aromatic rings. The molecule has 0 bridgehead atoms. The Morgan fingerprint density at radius 1 is 1.16 bits per heavy atom. The van der Waals surface area contributed by atoms with Crippen LogP contribution in [0, 0.1) is 18.2 Å². The number of aromatic nitrogens is 5. The zero-order chi connectivity index (χ0) is 31.0. The summed E-state index contributed by atoms with van der Waals surface area (Å²) in [5.41, 5.74) is 3.85. The summed E-state index contributed by atoms with van der Waals surface area (Å²) in [6.45, 7) is 9.73. The highest BCUT2D eigenvalue weighted by molar-refractivity contribution is 7.13. The third-order valence-corrected chi connectivity index (χ3v) is 8.58. The minimum absolute atomic E-state index is 0.0900. The number of aromatic carboxylic acids is 1. The van der Waals surface area contributed by atoms with Gasteiger partial charge in [-0.1, -0.05) is 42.4 Å². The number of carbonyl (C=O) groups is 1. The van der Waals surface area contributed by atoms with Gasteiger partial charge in [-0.15, -0.1) is 5.10 Å². The summed E-state index contributed by atoms with van der Waals surface area (Å²) in [6, 6.07) is 13.5. The maximum atomic E-state index is 15.8. The molecule has 0 saturated carbocycles. The van der Waals surface area contributed by atoms with Gasteiger partial charge < -0.3 is 23.9 Å². The number of carboxylic acid groups (broad SMARTS) is 1. The molecule has 228 valence electrons. The fraction of sp³-hybridized carbons (Fsp3) is 0.344.